The maximum Gasteiger partial charge on any atom is 0.295 e. The van der Waals surface area contributed by atoms with Crippen molar-refractivity contribution in [1.82, 2.24) is 14.8 Å². The van der Waals surface area contributed by atoms with E-state index in [1.54, 1.807) is 49.7 Å². The molecule has 1 fully saturated rings. The highest BCUT2D eigenvalue weighted by Gasteiger charge is 2.46. The number of carbonyl (C=O) groups excluding carboxylic acids is 2. The molecule has 1 saturated heterocycles. The average Bonchev–Trinajstić information content (AvgIpc) is 2.97. The highest BCUT2D eigenvalue weighted by Crippen LogP contribution is 2.38. The number of carbonyl (C=O) groups is 2. The number of aryl methyl sites for hydroxylation is 1. The number of hydrogen-bond donors (Lipinski definition) is 1. The Morgan fingerprint density at radius 2 is 2.00 bits per heavy atom. The van der Waals surface area contributed by atoms with Gasteiger partial charge in [-0.2, -0.15) is 0 Å². The zero-order valence-electron chi connectivity index (χ0n) is 17.0. The fraction of sp³-hybridized carbons (Fsp3) is 0.318. The third-order valence-electron chi connectivity index (χ3n) is 4.96. The smallest absolute Gasteiger partial charge is 0.295 e. The summed E-state index contributed by atoms with van der Waals surface area (Å²) in [7, 11) is 5.36. The minimum atomic E-state index is -0.737. The summed E-state index contributed by atoms with van der Waals surface area (Å²) < 4.78 is 5.26. The molecule has 0 radical (unpaired) electrons. The Morgan fingerprint density at radius 1 is 1.24 bits per heavy atom. The normalized spacial score (nSPS) is 18.5. The Labute approximate surface area is 170 Å². The predicted molar refractivity (Wildman–Crippen MR) is 110 cm³/mol. The fourth-order valence-corrected chi connectivity index (χ4v) is 3.44. The van der Waals surface area contributed by atoms with E-state index < -0.39 is 17.7 Å². The molecule has 1 unspecified atom stereocenters. The van der Waals surface area contributed by atoms with Crippen LogP contribution in [0.1, 0.15) is 22.9 Å². The summed E-state index contributed by atoms with van der Waals surface area (Å²) in [5.74, 6) is -0.869. The van der Waals surface area contributed by atoms with Gasteiger partial charge in [-0.1, -0.05) is 6.07 Å². The van der Waals surface area contributed by atoms with Gasteiger partial charge in [0.1, 0.15) is 17.6 Å². The van der Waals surface area contributed by atoms with E-state index in [1.165, 1.54) is 4.90 Å². The second kappa shape index (κ2) is 8.45. The van der Waals surface area contributed by atoms with Crippen LogP contribution in [0.3, 0.4) is 0 Å². The van der Waals surface area contributed by atoms with Gasteiger partial charge in [0.05, 0.1) is 18.4 Å². The van der Waals surface area contributed by atoms with Crippen molar-refractivity contribution in [3.63, 3.8) is 0 Å². The molecule has 29 heavy (non-hydrogen) atoms. The Balaban J connectivity index is 2.13. The van der Waals surface area contributed by atoms with Crippen molar-refractivity contribution in [1.29, 1.82) is 0 Å². The number of benzene rings is 1. The van der Waals surface area contributed by atoms with Gasteiger partial charge in [-0.05, 0) is 56.9 Å². The van der Waals surface area contributed by atoms with Crippen LogP contribution in [0.2, 0.25) is 0 Å². The van der Waals surface area contributed by atoms with Gasteiger partial charge in [-0.3, -0.25) is 14.6 Å². The predicted octanol–water partition coefficient (Wildman–Crippen LogP) is 2.38. The maximum absolute atomic E-state index is 12.9. The van der Waals surface area contributed by atoms with Crippen LogP contribution in [-0.2, 0) is 9.59 Å². The number of ether oxygens (including phenoxy) is 1. The molecule has 1 atom stereocenters. The molecule has 1 aliphatic rings. The summed E-state index contributed by atoms with van der Waals surface area (Å²) in [6.07, 6.45) is 1.61. The number of likely N-dealkylation sites (tertiary alicyclic amines) is 1. The minimum Gasteiger partial charge on any atom is -0.507 e. The van der Waals surface area contributed by atoms with E-state index in [4.69, 9.17) is 4.74 Å². The van der Waals surface area contributed by atoms with Crippen molar-refractivity contribution in [3.05, 3.63) is 65.0 Å². The molecular weight excluding hydrogens is 370 g/mol. The number of aromatic nitrogens is 1. The van der Waals surface area contributed by atoms with Crippen LogP contribution in [0.5, 0.6) is 5.75 Å². The first-order valence-corrected chi connectivity index (χ1v) is 9.34. The molecule has 7 nitrogen and oxygen atoms in total. The van der Waals surface area contributed by atoms with Crippen molar-refractivity contribution in [2.75, 3.05) is 34.3 Å². The molecule has 0 saturated carbocycles. The summed E-state index contributed by atoms with van der Waals surface area (Å²) in [6, 6.07) is 9.71. The van der Waals surface area contributed by atoms with Gasteiger partial charge < -0.3 is 19.6 Å². The van der Waals surface area contributed by atoms with Gasteiger partial charge in [-0.15, -0.1) is 0 Å². The van der Waals surface area contributed by atoms with Gasteiger partial charge >= 0.3 is 0 Å². The third kappa shape index (κ3) is 4.00. The van der Waals surface area contributed by atoms with Crippen molar-refractivity contribution in [2.24, 2.45) is 0 Å². The number of pyridine rings is 1. The molecule has 0 bridgehead atoms. The van der Waals surface area contributed by atoms with Crippen LogP contribution in [0, 0.1) is 6.92 Å². The van der Waals surface area contributed by atoms with Gasteiger partial charge in [0.25, 0.3) is 11.7 Å². The average molecular weight is 395 g/mol. The topological polar surface area (TPSA) is 83.0 Å². The lowest BCUT2D eigenvalue weighted by Crippen LogP contribution is -2.35. The first kappa shape index (κ1) is 20.5. The van der Waals surface area contributed by atoms with Crippen molar-refractivity contribution in [3.8, 4) is 5.75 Å². The largest absolute Gasteiger partial charge is 0.507 e. The number of amides is 1. The number of Topliss-reactive ketones (excluding diaryl/α,β-unsaturated/α-hetero) is 1. The van der Waals surface area contributed by atoms with Crippen LogP contribution >= 0.6 is 0 Å². The van der Waals surface area contributed by atoms with Crippen molar-refractivity contribution < 1.29 is 19.4 Å². The summed E-state index contributed by atoms with van der Waals surface area (Å²) >= 11 is 0. The van der Waals surface area contributed by atoms with Gasteiger partial charge in [0.15, 0.2) is 0 Å². The highest BCUT2D eigenvalue weighted by atomic mass is 16.5. The monoisotopic (exact) mass is 395 g/mol. The molecule has 0 aliphatic carbocycles. The van der Waals surface area contributed by atoms with E-state index in [0.717, 1.165) is 5.56 Å². The van der Waals surface area contributed by atoms with E-state index in [1.807, 2.05) is 25.9 Å². The standard InChI is InChI=1S/C22H25N3O4/c1-14-13-15(8-9-17(14)29-4)20(26)18-19(16-7-5-6-10-23-16)25(12-11-24(2)3)22(28)21(18)27/h5-10,13,19,26H,11-12H2,1-4H3/b20-18-. The number of likely N-dealkylation sites (N-methyl/N-ethyl adjacent to an activating group) is 1. The number of hydrogen-bond acceptors (Lipinski definition) is 6. The van der Waals surface area contributed by atoms with Crippen molar-refractivity contribution in [2.45, 2.75) is 13.0 Å². The van der Waals surface area contributed by atoms with Crippen LogP contribution in [-0.4, -0.2) is 65.9 Å². The lowest BCUT2D eigenvalue weighted by molar-refractivity contribution is -0.140. The van der Waals surface area contributed by atoms with E-state index in [2.05, 4.69) is 4.98 Å². The second-order valence-corrected chi connectivity index (χ2v) is 7.23. The van der Waals surface area contributed by atoms with Crippen molar-refractivity contribution >= 4 is 17.4 Å². The molecule has 1 amide bonds. The highest BCUT2D eigenvalue weighted by molar-refractivity contribution is 6.46. The number of methoxy groups -OCH3 is 1. The molecule has 1 aliphatic heterocycles. The Morgan fingerprint density at radius 3 is 2.59 bits per heavy atom. The molecule has 3 rings (SSSR count). The Kier molecular flexibility index (Phi) is 5.98. The molecule has 1 aromatic carbocycles. The lowest BCUT2D eigenvalue weighted by atomic mass is 9.97. The molecule has 0 spiro atoms. The van der Waals surface area contributed by atoms with E-state index in [9.17, 15) is 14.7 Å². The molecule has 2 aromatic rings. The minimum absolute atomic E-state index is 0.0528. The molecular formula is C22H25N3O4. The Hall–Kier alpha value is -3.19. The number of nitrogens with zero attached hydrogens (tertiary/aromatic N) is 3. The first-order valence-electron chi connectivity index (χ1n) is 9.34. The fourth-order valence-electron chi connectivity index (χ4n) is 3.44. The number of rotatable bonds is 6. The summed E-state index contributed by atoms with van der Waals surface area (Å²) in [5.41, 5.74) is 1.86. The van der Waals surface area contributed by atoms with Crippen LogP contribution < -0.4 is 4.74 Å². The van der Waals surface area contributed by atoms with E-state index in [0.29, 0.717) is 30.1 Å². The molecule has 7 heteroatoms. The molecule has 1 N–H and O–H groups in total. The SMILES string of the molecule is COc1ccc(/C(O)=C2/C(=O)C(=O)N(CCN(C)C)C2c2ccccn2)cc1C. The number of aliphatic hydroxyl groups excluding tert-OH is 1. The molecule has 2 heterocycles. The van der Waals surface area contributed by atoms with Crippen LogP contribution in [0.15, 0.2) is 48.2 Å². The van der Waals surface area contributed by atoms with Crippen LogP contribution in [0.4, 0.5) is 0 Å². The zero-order valence-corrected chi connectivity index (χ0v) is 17.0. The number of ketones is 1. The summed E-state index contributed by atoms with van der Waals surface area (Å²) in [6.45, 7) is 2.77. The van der Waals surface area contributed by atoms with Gasteiger partial charge in [0.2, 0.25) is 0 Å². The summed E-state index contributed by atoms with van der Waals surface area (Å²) in [4.78, 5) is 33.4. The summed E-state index contributed by atoms with van der Waals surface area (Å²) in [5, 5.41) is 11.0. The van der Waals surface area contributed by atoms with Crippen LogP contribution in [0.25, 0.3) is 5.76 Å². The molecule has 1 aromatic heterocycles. The van der Waals surface area contributed by atoms with E-state index in [-0.39, 0.29) is 11.3 Å². The first-order chi connectivity index (χ1) is 13.8. The lowest BCUT2D eigenvalue weighted by Gasteiger charge is -2.25. The second-order valence-electron chi connectivity index (χ2n) is 7.23. The van der Waals surface area contributed by atoms with Gasteiger partial charge in [0, 0.05) is 24.8 Å². The van der Waals surface area contributed by atoms with Gasteiger partial charge in [-0.25, -0.2) is 0 Å². The third-order valence-corrected chi connectivity index (χ3v) is 4.96. The number of aliphatic hydroxyl groups is 1. The zero-order chi connectivity index (χ0) is 21.1. The van der Waals surface area contributed by atoms with E-state index >= 15 is 0 Å². The quantitative estimate of drug-likeness (QED) is 0.459. The molecule has 152 valence electrons. The maximum atomic E-state index is 12.9. The Bertz CT molecular complexity index is 954.